The molecule has 0 bridgehead atoms. The summed E-state index contributed by atoms with van der Waals surface area (Å²) in [5, 5.41) is 5.61. The minimum absolute atomic E-state index is 0.0323. The van der Waals surface area contributed by atoms with Crippen molar-refractivity contribution in [3.05, 3.63) is 59.7 Å². The molecule has 2 amide bonds. The van der Waals surface area contributed by atoms with Gasteiger partial charge in [-0.25, -0.2) is 8.42 Å². The predicted octanol–water partition coefficient (Wildman–Crippen LogP) is 3.89. The molecule has 1 unspecified atom stereocenters. The van der Waals surface area contributed by atoms with Crippen LogP contribution in [0.25, 0.3) is 0 Å². The van der Waals surface area contributed by atoms with E-state index in [4.69, 9.17) is 0 Å². The number of benzene rings is 2. The van der Waals surface area contributed by atoms with E-state index < -0.39 is 15.9 Å². The quantitative estimate of drug-likeness (QED) is 0.659. The highest BCUT2D eigenvalue weighted by atomic mass is 32.2. The second-order valence-electron chi connectivity index (χ2n) is 8.59. The fourth-order valence-electron chi connectivity index (χ4n) is 3.72. The molecule has 2 aromatic rings. The van der Waals surface area contributed by atoms with Crippen LogP contribution in [0.3, 0.4) is 0 Å². The summed E-state index contributed by atoms with van der Waals surface area (Å²) >= 11 is 0. The Hall–Kier alpha value is -2.71. The van der Waals surface area contributed by atoms with Crippen LogP contribution >= 0.6 is 0 Å². The van der Waals surface area contributed by atoms with Gasteiger partial charge in [0.25, 0.3) is 11.8 Å². The minimum Gasteiger partial charge on any atom is -0.352 e. The van der Waals surface area contributed by atoms with Crippen LogP contribution in [0.15, 0.2) is 53.4 Å². The van der Waals surface area contributed by atoms with E-state index in [9.17, 15) is 18.0 Å². The van der Waals surface area contributed by atoms with E-state index in [1.54, 1.807) is 24.3 Å². The first kappa shape index (κ1) is 23.9. The third-order valence-corrected chi connectivity index (χ3v) is 7.58. The van der Waals surface area contributed by atoms with Gasteiger partial charge in [-0.05, 0) is 62.1 Å². The van der Waals surface area contributed by atoms with E-state index in [2.05, 4.69) is 10.6 Å². The maximum absolute atomic E-state index is 13.0. The standard InChI is InChI=1S/C24H31N3O4S/c1-17(2)16-25-24(29)21-9-4-5-10-22(21)26-23(28)19-11-13-20(14-12-19)32(30,31)27-15-7-6-8-18(27)3/h4-5,9-14,17-18H,6-8,15-16H2,1-3H3,(H,25,29)(H,26,28). The predicted molar refractivity (Wildman–Crippen MR) is 125 cm³/mol. The Labute approximate surface area is 190 Å². The maximum atomic E-state index is 13.0. The molecule has 2 N–H and O–H groups in total. The van der Waals surface area contributed by atoms with Crippen LogP contribution in [0, 0.1) is 5.92 Å². The topological polar surface area (TPSA) is 95.6 Å². The lowest BCUT2D eigenvalue weighted by molar-refractivity contribution is 0.0950. The first-order valence-corrected chi connectivity index (χ1v) is 12.4. The fourth-order valence-corrected chi connectivity index (χ4v) is 5.42. The highest BCUT2D eigenvalue weighted by Crippen LogP contribution is 2.25. The molecule has 1 heterocycles. The zero-order chi connectivity index (χ0) is 23.3. The average Bonchev–Trinajstić information content (AvgIpc) is 2.78. The van der Waals surface area contributed by atoms with Gasteiger partial charge in [-0.1, -0.05) is 32.4 Å². The number of sulfonamides is 1. The molecule has 172 valence electrons. The zero-order valence-electron chi connectivity index (χ0n) is 18.8. The molecule has 0 spiro atoms. The summed E-state index contributed by atoms with van der Waals surface area (Å²) < 4.78 is 27.5. The molecule has 7 nitrogen and oxygen atoms in total. The molecule has 0 aliphatic carbocycles. The molecular formula is C24H31N3O4S. The molecule has 3 rings (SSSR count). The first-order chi connectivity index (χ1) is 15.2. The minimum atomic E-state index is -3.60. The number of hydrogen-bond acceptors (Lipinski definition) is 4. The van der Waals surface area contributed by atoms with Crippen molar-refractivity contribution in [3.63, 3.8) is 0 Å². The molecule has 0 radical (unpaired) electrons. The van der Waals surface area contributed by atoms with Gasteiger partial charge in [-0.15, -0.1) is 0 Å². The first-order valence-electron chi connectivity index (χ1n) is 11.0. The highest BCUT2D eigenvalue weighted by molar-refractivity contribution is 7.89. The highest BCUT2D eigenvalue weighted by Gasteiger charge is 2.31. The maximum Gasteiger partial charge on any atom is 0.255 e. The van der Waals surface area contributed by atoms with E-state index in [0.717, 1.165) is 19.3 Å². The number of rotatable bonds is 7. The summed E-state index contributed by atoms with van der Waals surface area (Å²) in [6.07, 6.45) is 2.74. The third kappa shape index (κ3) is 5.55. The van der Waals surface area contributed by atoms with Crippen LogP contribution in [0.2, 0.25) is 0 Å². The number of hydrogen-bond donors (Lipinski definition) is 2. The molecule has 1 saturated heterocycles. The normalized spacial score (nSPS) is 17.2. The van der Waals surface area contributed by atoms with Gasteiger partial charge in [0.1, 0.15) is 0 Å². The van der Waals surface area contributed by atoms with Crippen molar-refractivity contribution in [2.24, 2.45) is 5.92 Å². The smallest absolute Gasteiger partial charge is 0.255 e. The van der Waals surface area contributed by atoms with E-state index in [0.29, 0.717) is 35.8 Å². The second-order valence-corrected chi connectivity index (χ2v) is 10.5. The molecule has 8 heteroatoms. The van der Waals surface area contributed by atoms with Crippen LogP contribution in [0.4, 0.5) is 5.69 Å². The average molecular weight is 458 g/mol. The Morgan fingerprint density at radius 1 is 1.03 bits per heavy atom. The number of nitrogens with zero attached hydrogens (tertiary/aromatic N) is 1. The summed E-state index contributed by atoms with van der Waals surface area (Å²) in [6, 6.07) is 12.7. The molecule has 0 aromatic heterocycles. The summed E-state index contributed by atoms with van der Waals surface area (Å²) in [4.78, 5) is 25.4. The van der Waals surface area contributed by atoms with Crippen LogP contribution in [0.5, 0.6) is 0 Å². The van der Waals surface area contributed by atoms with Gasteiger partial charge >= 0.3 is 0 Å². The molecule has 1 fully saturated rings. The Bertz CT molecular complexity index is 1060. The van der Waals surface area contributed by atoms with Gasteiger partial charge in [0.2, 0.25) is 10.0 Å². The number of carbonyl (C=O) groups is 2. The fraction of sp³-hybridized carbons (Fsp3) is 0.417. The SMILES string of the molecule is CC(C)CNC(=O)c1ccccc1NC(=O)c1ccc(S(=O)(=O)N2CCCCC2C)cc1. The molecule has 1 aliphatic heterocycles. The lowest BCUT2D eigenvalue weighted by Crippen LogP contribution is -2.41. The second kappa shape index (κ2) is 10.3. The Morgan fingerprint density at radius 2 is 1.72 bits per heavy atom. The van der Waals surface area contributed by atoms with Crippen molar-refractivity contribution in [2.45, 2.75) is 51.0 Å². The van der Waals surface area contributed by atoms with Gasteiger partial charge in [-0.3, -0.25) is 9.59 Å². The number of amides is 2. The van der Waals surface area contributed by atoms with Gasteiger partial charge < -0.3 is 10.6 Å². The van der Waals surface area contributed by atoms with Crippen molar-refractivity contribution in [1.82, 2.24) is 9.62 Å². The Morgan fingerprint density at radius 3 is 2.38 bits per heavy atom. The molecule has 1 atom stereocenters. The van der Waals surface area contributed by atoms with E-state index in [-0.39, 0.29) is 16.8 Å². The van der Waals surface area contributed by atoms with E-state index >= 15 is 0 Å². The Kier molecular flexibility index (Phi) is 7.69. The number of piperidine rings is 1. The molecule has 0 saturated carbocycles. The van der Waals surface area contributed by atoms with Gasteiger partial charge in [0, 0.05) is 24.7 Å². The van der Waals surface area contributed by atoms with Crippen molar-refractivity contribution >= 4 is 27.5 Å². The van der Waals surface area contributed by atoms with Crippen molar-refractivity contribution in [2.75, 3.05) is 18.4 Å². The van der Waals surface area contributed by atoms with Crippen LogP contribution in [0.1, 0.15) is 60.7 Å². The van der Waals surface area contributed by atoms with Crippen molar-refractivity contribution in [1.29, 1.82) is 0 Å². The van der Waals surface area contributed by atoms with E-state index in [1.807, 2.05) is 20.8 Å². The number of para-hydroxylation sites is 1. The molecule has 32 heavy (non-hydrogen) atoms. The van der Waals surface area contributed by atoms with Crippen molar-refractivity contribution < 1.29 is 18.0 Å². The third-order valence-electron chi connectivity index (χ3n) is 5.56. The zero-order valence-corrected chi connectivity index (χ0v) is 19.6. The van der Waals surface area contributed by atoms with E-state index in [1.165, 1.54) is 28.6 Å². The van der Waals surface area contributed by atoms with Crippen LogP contribution in [-0.4, -0.2) is 43.7 Å². The van der Waals surface area contributed by atoms with Gasteiger partial charge in [-0.2, -0.15) is 4.31 Å². The molecule has 2 aromatic carbocycles. The largest absolute Gasteiger partial charge is 0.352 e. The summed E-state index contributed by atoms with van der Waals surface area (Å²) in [5.41, 5.74) is 1.09. The van der Waals surface area contributed by atoms with Crippen molar-refractivity contribution in [3.8, 4) is 0 Å². The molecular weight excluding hydrogens is 426 g/mol. The summed E-state index contributed by atoms with van der Waals surface area (Å²) in [7, 11) is -3.60. The van der Waals surface area contributed by atoms with Crippen LogP contribution < -0.4 is 10.6 Å². The number of carbonyl (C=O) groups excluding carboxylic acids is 2. The number of nitrogens with one attached hydrogen (secondary N) is 2. The Balaban J connectivity index is 1.74. The molecule has 1 aliphatic rings. The van der Waals surface area contributed by atoms with Gasteiger partial charge in [0.05, 0.1) is 16.1 Å². The van der Waals surface area contributed by atoms with Gasteiger partial charge in [0.15, 0.2) is 0 Å². The lowest BCUT2D eigenvalue weighted by Gasteiger charge is -2.32. The van der Waals surface area contributed by atoms with Crippen LogP contribution in [-0.2, 0) is 10.0 Å². The summed E-state index contributed by atoms with van der Waals surface area (Å²) in [5.74, 6) is -0.362. The number of anilines is 1. The monoisotopic (exact) mass is 457 g/mol. The summed E-state index contributed by atoms with van der Waals surface area (Å²) in [6.45, 7) is 6.98. The lowest BCUT2D eigenvalue weighted by atomic mass is 10.1.